The van der Waals surface area contributed by atoms with Gasteiger partial charge in [-0.1, -0.05) is 36.7 Å². The van der Waals surface area contributed by atoms with E-state index in [0.717, 1.165) is 16.8 Å². The average Bonchev–Trinajstić information content (AvgIpc) is 3.13. The van der Waals surface area contributed by atoms with Crippen molar-refractivity contribution in [1.29, 1.82) is 0 Å². The number of aromatic nitrogens is 2. The van der Waals surface area contributed by atoms with Gasteiger partial charge in [0, 0.05) is 10.6 Å². The second-order valence-electron chi connectivity index (χ2n) is 7.00. The maximum absolute atomic E-state index is 11.2. The number of benzene rings is 2. The molecule has 6 nitrogen and oxygen atoms in total. The van der Waals surface area contributed by atoms with Crippen molar-refractivity contribution in [2.75, 3.05) is 6.61 Å². The van der Waals surface area contributed by atoms with Crippen molar-refractivity contribution in [2.45, 2.75) is 39.3 Å². The maximum atomic E-state index is 11.2. The smallest absolute Gasteiger partial charge is 0.307 e. The Morgan fingerprint density at radius 3 is 2.53 bits per heavy atom. The van der Waals surface area contributed by atoms with Crippen LogP contribution in [-0.2, 0) is 17.8 Å². The zero-order valence-electron chi connectivity index (χ0n) is 17.0. The molecule has 7 heteroatoms. The first-order chi connectivity index (χ1) is 14.4. The van der Waals surface area contributed by atoms with Crippen LogP contribution in [0, 0.1) is 0 Å². The molecule has 30 heavy (non-hydrogen) atoms. The van der Waals surface area contributed by atoms with Gasteiger partial charge in [0.2, 0.25) is 0 Å². The van der Waals surface area contributed by atoms with Crippen LogP contribution in [0.4, 0.5) is 0 Å². The van der Waals surface area contributed by atoms with Gasteiger partial charge in [-0.25, -0.2) is 0 Å². The molecule has 0 bridgehead atoms. The summed E-state index contributed by atoms with van der Waals surface area (Å²) in [6, 6.07) is 14.7. The van der Waals surface area contributed by atoms with Gasteiger partial charge in [0.05, 0.1) is 37.1 Å². The van der Waals surface area contributed by atoms with Gasteiger partial charge in [-0.15, -0.1) is 0 Å². The quantitative estimate of drug-likeness (QED) is 0.517. The standard InChI is InChI=1S/C23H25ClN2O4/c1-3-18(27)14-26-21(16-6-8-17(24)9-7-16)13-20(25-26)19-11-15(12-23(28)29)5-10-22(19)30-4-2/h5-11,13,18,27H,3-4,12,14H2,1-2H3,(H,28,29)/t18-/m1/s1. The zero-order valence-corrected chi connectivity index (χ0v) is 17.8. The topological polar surface area (TPSA) is 84.6 Å². The van der Waals surface area contributed by atoms with E-state index < -0.39 is 12.1 Å². The highest BCUT2D eigenvalue weighted by molar-refractivity contribution is 6.30. The molecule has 0 saturated heterocycles. The highest BCUT2D eigenvalue weighted by Crippen LogP contribution is 2.34. The molecular weight excluding hydrogens is 404 g/mol. The number of carboxylic acids is 1. The summed E-state index contributed by atoms with van der Waals surface area (Å²) in [4.78, 5) is 11.2. The maximum Gasteiger partial charge on any atom is 0.307 e. The lowest BCUT2D eigenvalue weighted by molar-refractivity contribution is -0.136. The number of hydrogen-bond acceptors (Lipinski definition) is 4. The zero-order chi connectivity index (χ0) is 21.7. The minimum atomic E-state index is -0.899. The Labute approximate surface area is 180 Å². The summed E-state index contributed by atoms with van der Waals surface area (Å²) in [5.41, 5.74) is 3.79. The third-order valence-electron chi connectivity index (χ3n) is 4.75. The summed E-state index contributed by atoms with van der Waals surface area (Å²) < 4.78 is 7.53. The van der Waals surface area contributed by atoms with E-state index in [-0.39, 0.29) is 6.42 Å². The summed E-state index contributed by atoms with van der Waals surface area (Å²) >= 11 is 6.03. The van der Waals surface area contributed by atoms with E-state index in [4.69, 9.17) is 26.5 Å². The first-order valence-corrected chi connectivity index (χ1v) is 10.3. The second-order valence-corrected chi connectivity index (χ2v) is 7.44. The Hall–Kier alpha value is -2.83. The minimum absolute atomic E-state index is 0.0846. The van der Waals surface area contributed by atoms with Gasteiger partial charge in [0.15, 0.2) is 0 Å². The Kier molecular flexibility index (Phi) is 7.13. The van der Waals surface area contributed by atoms with Crippen molar-refractivity contribution in [1.82, 2.24) is 9.78 Å². The van der Waals surface area contributed by atoms with Gasteiger partial charge in [0.1, 0.15) is 5.75 Å². The molecule has 2 N–H and O–H groups in total. The molecule has 1 atom stereocenters. The first kappa shape index (κ1) is 21.9. The molecule has 1 heterocycles. The monoisotopic (exact) mass is 428 g/mol. The Morgan fingerprint density at radius 1 is 1.17 bits per heavy atom. The molecule has 3 aromatic rings. The molecule has 158 valence electrons. The fourth-order valence-electron chi connectivity index (χ4n) is 3.21. The van der Waals surface area contributed by atoms with E-state index in [1.165, 1.54) is 0 Å². The number of aliphatic hydroxyl groups excluding tert-OH is 1. The number of carboxylic acid groups (broad SMARTS) is 1. The van der Waals surface area contributed by atoms with Gasteiger partial charge in [-0.05, 0) is 54.8 Å². The van der Waals surface area contributed by atoms with Gasteiger partial charge in [-0.3, -0.25) is 9.48 Å². The van der Waals surface area contributed by atoms with Crippen LogP contribution in [0.15, 0.2) is 48.5 Å². The highest BCUT2D eigenvalue weighted by Gasteiger charge is 2.18. The van der Waals surface area contributed by atoms with Crippen LogP contribution in [0.2, 0.25) is 5.02 Å². The van der Waals surface area contributed by atoms with Gasteiger partial charge >= 0.3 is 5.97 Å². The van der Waals surface area contributed by atoms with Gasteiger partial charge in [-0.2, -0.15) is 5.10 Å². The molecular formula is C23H25ClN2O4. The molecule has 0 radical (unpaired) electrons. The Balaban J connectivity index is 2.12. The predicted molar refractivity (Wildman–Crippen MR) is 117 cm³/mol. The Bertz CT molecular complexity index is 1010. The predicted octanol–water partition coefficient (Wildman–Crippen LogP) is 4.67. The van der Waals surface area contributed by atoms with Crippen molar-refractivity contribution < 1.29 is 19.7 Å². The first-order valence-electron chi connectivity index (χ1n) is 9.91. The molecule has 0 aliphatic carbocycles. The summed E-state index contributed by atoms with van der Waals surface area (Å²) in [7, 11) is 0. The van der Waals surface area contributed by atoms with E-state index in [2.05, 4.69) is 0 Å². The van der Waals surface area contributed by atoms with Crippen molar-refractivity contribution in [2.24, 2.45) is 0 Å². The van der Waals surface area contributed by atoms with Crippen LogP contribution in [0.5, 0.6) is 5.75 Å². The number of aliphatic carboxylic acids is 1. The lowest BCUT2D eigenvalue weighted by atomic mass is 10.0. The van der Waals surface area contributed by atoms with E-state index >= 15 is 0 Å². The molecule has 0 spiro atoms. The lowest BCUT2D eigenvalue weighted by Gasteiger charge is -2.12. The van der Waals surface area contributed by atoms with Crippen molar-refractivity contribution >= 4 is 17.6 Å². The number of ether oxygens (including phenoxy) is 1. The van der Waals surface area contributed by atoms with E-state index in [1.807, 2.05) is 44.2 Å². The van der Waals surface area contributed by atoms with Gasteiger partial charge < -0.3 is 14.9 Å². The van der Waals surface area contributed by atoms with Crippen molar-refractivity contribution in [3.05, 3.63) is 59.1 Å². The Morgan fingerprint density at radius 2 is 1.90 bits per heavy atom. The highest BCUT2D eigenvalue weighted by atomic mass is 35.5. The largest absolute Gasteiger partial charge is 0.493 e. The number of aliphatic hydroxyl groups is 1. The normalized spacial score (nSPS) is 12.0. The molecule has 0 fully saturated rings. The molecule has 0 amide bonds. The van der Waals surface area contributed by atoms with Crippen LogP contribution < -0.4 is 4.74 Å². The number of halogens is 1. The fourth-order valence-corrected chi connectivity index (χ4v) is 3.34. The molecule has 1 aromatic heterocycles. The molecule has 0 saturated carbocycles. The number of nitrogens with zero attached hydrogens (tertiary/aromatic N) is 2. The molecule has 0 aliphatic rings. The van der Waals surface area contributed by atoms with E-state index in [1.54, 1.807) is 22.9 Å². The van der Waals surface area contributed by atoms with Crippen LogP contribution in [0.1, 0.15) is 25.8 Å². The van der Waals surface area contributed by atoms with E-state index in [9.17, 15) is 9.90 Å². The summed E-state index contributed by atoms with van der Waals surface area (Å²) in [6.45, 7) is 4.63. The molecule has 0 aliphatic heterocycles. The molecule has 2 aromatic carbocycles. The van der Waals surface area contributed by atoms with Crippen LogP contribution >= 0.6 is 11.6 Å². The number of hydrogen-bond donors (Lipinski definition) is 2. The SMILES string of the molecule is CCOc1ccc(CC(=O)O)cc1-c1cc(-c2ccc(Cl)cc2)n(C[C@H](O)CC)n1. The minimum Gasteiger partial charge on any atom is -0.493 e. The summed E-state index contributed by atoms with van der Waals surface area (Å²) in [5, 5.41) is 24.7. The van der Waals surface area contributed by atoms with Crippen molar-refractivity contribution in [3.8, 4) is 28.3 Å². The molecule has 3 rings (SSSR count). The average molecular weight is 429 g/mol. The fraction of sp³-hybridized carbons (Fsp3) is 0.304. The third kappa shape index (κ3) is 5.20. The van der Waals surface area contributed by atoms with Crippen LogP contribution in [0.25, 0.3) is 22.5 Å². The number of carbonyl (C=O) groups is 1. The van der Waals surface area contributed by atoms with Crippen LogP contribution in [0.3, 0.4) is 0 Å². The number of rotatable bonds is 9. The van der Waals surface area contributed by atoms with E-state index in [0.29, 0.717) is 41.6 Å². The summed E-state index contributed by atoms with van der Waals surface area (Å²) in [6.07, 6.45) is -0.0137. The second kappa shape index (κ2) is 9.78. The lowest BCUT2D eigenvalue weighted by Crippen LogP contribution is -2.16. The van der Waals surface area contributed by atoms with Gasteiger partial charge in [0.25, 0.3) is 0 Å². The molecule has 0 unspecified atom stereocenters. The third-order valence-corrected chi connectivity index (χ3v) is 5.00. The van der Waals surface area contributed by atoms with Crippen molar-refractivity contribution in [3.63, 3.8) is 0 Å². The summed E-state index contributed by atoms with van der Waals surface area (Å²) in [5.74, 6) is -0.265. The van der Waals surface area contributed by atoms with Crippen LogP contribution in [-0.4, -0.2) is 38.7 Å².